The maximum atomic E-state index is 12.7. The van der Waals surface area contributed by atoms with E-state index in [0.29, 0.717) is 17.3 Å². The highest BCUT2D eigenvalue weighted by atomic mass is 16.1. The van der Waals surface area contributed by atoms with Gasteiger partial charge in [-0.05, 0) is 63.0 Å². The number of hydrogen-bond donors (Lipinski definition) is 1. The first-order valence-corrected chi connectivity index (χ1v) is 9.43. The van der Waals surface area contributed by atoms with E-state index in [1.54, 1.807) is 24.4 Å². The quantitative estimate of drug-likeness (QED) is 0.852. The van der Waals surface area contributed by atoms with Gasteiger partial charge in [-0.1, -0.05) is 6.07 Å². The van der Waals surface area contributed by atoms with Gasteiger partial charge in [0.1, 0.15) is 17.3 Å². The molecule has 2 aliphatic heterocycles. The van der Waals surface area contributed by atoms with E-state index >= 15 is 0 Å². The Kier molecular flexibility index (Phi) is 4.84. The van der Waals surface area contributed by atoms with Crippen molar-refractivity contribution in [2.75, 3.05) is 36.8 Å². The van der Waals surface area contributed by atoms with Crippen LogP contribution in [0.15, 0.2) is 36.5 Å². The third-order valence-corrected chi connectivity index (χ3v) is 5.50. The maximum Gasteiger partial charge on any atom is 0.215 e. The first-order valence-electron chi connectivity index (χ1n) is 9.43. The van der Waals surface area contributed by atoms with Crippen molar-refractivity contribution in [1.82, 2.24) is 14.9 Å². The molecule has 2 aromatic heterocycles. The molecule has 4 rings (SSSR count). The second-order valence-corrected chi connectivity index (χ2v) is 7.11. The van der Waals surface area contributed by atoms with Gasteiger partial charge >= 0.3 is 0 Å². The number of nitrogens with two attached hydrogens (primary N) is 1. The number of carbonyl (C=O) groups is 1. The van der Waals surface area contributed by atoms with E-state index < -0.39 is 0 Å². The summed E-state index contributed by atoms with van der Waals surface area (Å²) in [6.07, 6.45) is 6.58. The third kappa shape index (κ3) is 3.42. The van der Waals surface area contributed by atoms with Crippen LogP contribution in [0.1, 0.15) is 41.7 Å². The van der Waals surface area contributed by atoms with Gasteiger partial charge < -0.3 is 15.5 Å². The SMILES string of the molecule is Nc1ncccc1C(=O)c1cccc(N2CCC(N3CCCC3)CC2)n1. The van der Waals surface area contributed by atoms with E-state index in [2.05, 4.69) is 19.8 Å². The van der Waals surface area contributed by atoms with Crippen molar-refractivity contribution in [3.63, 3.8) is 0 Å². The summed E-state index contributed by atoms with van der Waals surface area (Å²) in [5.74, 6) is 0.943. The molecule has 0 amide bonds. The lowest BCUT2D eigenvalue weighted by molar-refractivity contribution is 0.103. The lowest BCUT2D eigenvalue weighted by atomic mass is 10.0. The van der Waals surface area contributed by atoms with Gasteiger partial charge in [-0.3, -0.25) is 4.79 Å². The largest absolute Gasteiger partial charge is 0.383 e. The second kappa shape index (κ2) is 7.41. The van der Waals surface area contributed by atoms with Gasteiger partial charge in [0.25, 0.3) is 0 Å². The molecule has 0 aliphatic carbocycles. The lowest BCUT2D eigenvalue weighted by Gasteiger charge is -2.37. The number of piperidine rings is 1. The number of rotatable bonds is 4. The Hall–Kier alpha value is -2.47. The molecule has 0 atom stereocenters. The van der Waals surface area contributed by atoms with Gasteiger partial charge in [0, 0.05) is 25.3 Å². The fraction of sp³-hybridized carbons (Fsp3) is 0.450. The smallest absolute Gasteiger partial charge is 0.215 e. The Morgan fingerprint density at radius 1 is 1.04 bits per heavy atom. The first kappa shape index (κ1) is 17.0. The van der Waals surface area contributed by atoms with Crippen LogP contribution in [0, 0.1) is 0 Å². The Morgan fingerprint density at radius 3 is 2.54 bits per heavy atom. The van der Waals surface area contributed by atoms with Crippen molar-refractivity contribution >= 4 is 17.4 Å². The van der Waals surface area contributed by atoms with Crippen molar-refractivity contribution in [2.24, 2.45) is 0 Å². The number of nitrogens with zero attached hydrogens (tertiary/aromatic N) is 4. The summed E-state index contributed by atoms with van der Waals surface area (Å²) in [5, 5.41) is 0. The molecule has 0 saturated carbocycles. The highest BCUT2D eigenvalue weighted by Gasteiger charge is 2.27. The van der Waals surface area contributed by atoms with Crippen molar-refractivity contribution in [3.05, 3.63) is 47.8 Å². The number of hydrogen-bond acceptors (Lipinski definition) is 6. The summed E-state index contributed by atoms with van der Waals surface area (Å²) in [6, 6.07) is 9.74. The minimum absolute atomic E-state index is 0.176. The molecule has 6 heteroatoms. The van der Waals surface area contributed by atoms with E-state index in [1.807, 2.05) is 12.1 Å². The van der Waals surface area contributed by atoms with Gasteiger partial charge in [-0.25, -0.2) is 9.97 Å². The average Bonchev–Trinajstić information content (AvgIpc) is 3.23. The molecule has 2 aromatic rings. The molecule has 0 unspecified atom stereocenters. The zero-order chi connectivity index (χ0) is 17.9. The lowest BCUT2D eigenvalue weighted by Crippen LogP contribution is -2.44. The van der Waals surface area contributed by atoms with Gasteiger partial charge in [0.05, 0.1) is 5.56 Å². The van der Waals surface area contributed by atoms with Crippen LogP contribution in [-0.4, -0.2) is 52.9 Å². The molecule has 26 heavy (non-hydrogen) atoms. The molecular weight excluding hydrogens is 326 g/mol. The average molecular weight is 351 g/mol. The molecule has 0 aromatic carbocycles. The third-order valence-electron chi connectivity index (χ3n) is 5.50. The fourth-order valence-corrected chi connectivity index (χ4v) is 4.04. The van der Waals surface area contributed by atoms with Crippen molar-refractivity contribution in [3.8, 4) is 0 Å². The van der Waals surface area contributed by atoms with Crippen molar-refractivity contribution in [1.29, 1.82) is 0 Å². The predicted molar refractivity (Wildman–Crippen MR) is 102 cm³/mol. The Labute approximate surface area is 154 Å². The minimum Gasteiger partial charge on any atom is -0.383 e. The highest BCUT2D eigenvalue weighted by molar-refractivity contribution is 6.10. The van der Waals surface area contributed by atoms with E-state index in [-0.39, 0.29) is 11.6 Å². The number of anilines is 2. The van der Waals surface area contributed by atoms with Gasteiger partial charge in [0.2, 0.25) is 5.78 Å². The summed E-state index contributed by atoms with van der Waals surface area (Å²) < 4.78 is 0. The molecule has 2 N–H and O–H groups in total. The van der Waals surface area contributed by atoms with Crippen LogP contribution in [0.3, 0.4) is 0 Å². The second-order valence-electron chi connectivity index (χ2n) is 7.11. The normalized spacial score (nSPS) is 19.0. The standard InChI is InChI=1S/C20H25N5O/c21-20-16(5-4-10-22-20)19(26)17-6-3-7-18(23-17)25-13-8-15(9-14-25)24-11-1-2-12-24/h3-7,10,15H,1-2,8-9,11-14H2,(H2,21,22). The van der Waals surface area contributed by atoms with Gasteiger partial charge in [-0.2, -0.15) is 0 Å². The molecule has 2 aliphatic rings. The van der Waals surface area contributed by atoms with E-state index in [4.69, 9.17) is 5.73 Å². The molecule has 2 saturated heterocycles. The number of nitrogen functional groups attached to an aromatic ring is 1. The minimum atomic E-state index is -0.176. The van der Waals surface area contributed by atoms with E-state index in [1.165, 1.54) is 25.9 Å². The monoisotopic (exact) mass is 351 g/mol. The zero-order valence-electron chi connectivity index (χ0n) is 15.0. The Morgan fingerprint density at radius 2 is 1.81 bits per heavy atom. The van der Waals surface area contributed by atoms with Crippen LogP contribution >= 0.6 is 0 Å². The number of likely N-dealkylation sites (tertiary alicyclic amines) is 1. The molecular formula is C20H25N5O. The number of ketones is 1. The van der Waals surface area contributed by atoms with Crippen molar-refractivity contribution < 1.29 is 4.79 Å². The summed E-state index contributed by atoms with van der Waals surface area (Å²) in [5.41, 5.74) is 6.67. The van der Waals surface area contributed by atoms with Gasteiger partial charge in [0.15, 0.2) is 0 Å². The number of pyridine rings is 2. The summed E-state index contributed by atoms with van der Waals surface area (Å²) in [4.78, 5) is 26.3. The summed E-state index contributed by atoms with van der Waals surface area (Å²) in [7, 11) is 0. The van der Waals surface area contributed by atoms with Gasteiger partial charge in [-0.15, -0.1) is 0 Å². The summed E-state index contributed by atoms with van der Waals surface area (Å²) in [6.45, 7) is 4.47. The molecule has 0 radical (unpaired) electrons. The highest BCUT2D eigenvalue weighted by Crippen LogP contribution is 2.24. The molecule has 0 spiro atoms. The van der Waals surface area contributed by atoms with Crippen LogP contribution in [-0.2, 0) is 0 Å². The van der Waals surface area contributed by atoms with Crippen molar-refractivity contribution in [2.45, 2.75) is 31.7 Å². The zero-order valence-corrected chi connectivity index (χ0v) is 15.0. The van der Waals surface area contributed by atoms with E-state index in [9.17, 15) is 4.79 Å². The van der Waals surface area contributed by atoms with Crippen LogP contribution in [0.4, 0.5) is 11.6 Å². The van der Waals surface area contributed by atoms with Crippen LogP contribution in [0.5, 0.6) is 0 Å². The number of carbonyl (C=O) groups excluding carboxylic acids is 1. The molecule has 4 heterocycles. The Balaban J connectivity index is 1.46. The van der Waals surface area contributed by atoms with Crippen LogP contribution in [0.2, 0.25) is 0 Å². The molecule has 2 fully saturated rings. The molecule has 136 valence electrons. The van der Waals surface area contributed by atoms with Crippen LogP contribution in [0.25, 0.3) is 0 Å². The topological polar surface area (TPSA) is 75.3 Å². The first-order chi connectivity index (χ1) is 12.7. The predicted octanol–water partition coefficient (Wildman–Crippen LogP) is 2.35. The Bertz CT molecular complexity index is 779. The maximum absolute atomic E-state index is 12.7. The fourth-order valence-electron chi connectivity index (χ4n) is 4.04. The molecule has 6 nitrogen and oxygen atoms in total. The van der Waals surface area contributed by atoms with E-state index in [0.717, 1.165) is 31.7 Å². The van der Waals surface area contributed by atoms with Crippen LogP contribution < -0.4 is 10.6 Å². The number of aromatic nitrogens is 2. The summed E-state index contributed by atoms with van der Waals surface area (Å²) >= 11 is 0. The molecule has 0 bridgehead atoms.